The van der Waals surface area contributed by atoms with Gasteiger partial charge in [-0.15, -0.1) is 0 Å². The summed E-state index contributed by atoms with van der Waals surface area (Å²) in [6, 6.07) is 0. The van der Waals surface area contributed by atoms with Gasteiger partial charge in [-0.05, 0) is 39.0 Å². The smallest absolute Gasteiger partial charge is 0.305 e. The van der Waals surface area contributed by atoms with Crippen molar-refractivity contribution in [3.63, 3.8) is 0 Å². The van der Waals surface area contributed by atoms with E-state index in [-0.39, 0.29) is 5.97 Å². The van der Waals surface area contributed by atoms with Crippen molar-refractivity contribution in [3.05, 3.63) is 11.6 Å². The van der Waals surface area contributed by atoms with Crippen LogP contribution in [0.5, 0.6) is 0 Å². The number of carbonyl (C=O) groups excluding carboxylic acids is 1. The highest BCUT2D eigenvalue weighted by atomic mass is 16.5. The van der Waals surface area contributed by atoms with Gasteiger partial charge in [-0.25, -0.2) is 0 Å². The van der Waals surface area contributed by atoms with Crippen molar-refractivity contribution in [2.45, 2.75) is 58.3 Å². The number of allylic oxidation sites excluding steroid dienone is 2. The molecule has 0 N–H and O–H groups in total. The monoisotopic (exact) mass is 210 g/mol. The summed E-state index contributed by atoms with van der Waals surface area (Å²) in [7, 11) is 0. The number of rotatable bonds is 0. The van der Waals surface area contributed by atoms with E-state index in [9.17, 15) is 4.79 Å². The maximum absolute atomic E-state index is 11.2. The Morgan fingerprint density at radius 2 is 1.80 bits per heavy atom. The summed E-state index contributed by atoms with van der Waals surface area (Å²) in [5.41, 5.74) is 1.49. The molecule has 0 amide bonds. The summed E-state index contributed by atoms with van der Waals surface area (Å²) in [4.78, 5) is 11.2. The zero-order chi connectivity index (χ0) is 10.9. The van der Waals surface area contributed by atoms with E-state index in [2.05, 4.69) is 13.0 Å². The van der Waals surface area contributed by atoms with Crippen LogP contribution in [0.4, 0.5) is 0 Å². The molecule has 15 heavy (non-hydrogen) atoms. The summed E-state index contributed by atoms with van der Waals surface area (Å²) >= 11 is 0. The molecule has 0 radical (unpaired) electrons. The molecule has 0 saturated carbocycles. The van der Waals surface area contributed by atoms with Crippen LogP contribution in [0.3, 0.4) is 0 Å². The quantitative estimate of drug-likeness (QED) is 0.451. The number of cyclic esters (lactones) is 1. The molecular formula is C13H22O2. The van der Waals surface area contributed by atoms with Crippen molar-refractivity contribution in [1.29, 1.82) is 0 Å². The van der Waals surface area contributed by atoms with Gasteiger partial charge in [0.15, 0.2) is 0 Å². The van der Waals surface area contributed by atoms with Crippen molar-refractivity contribution in [2.24, 2.45) is 0 Å². The van der Waals surface area contributed by atoms with Crippen LogP contribution < -0.4 is 0 Å². The number of hydrogen-bond acceptors (Lipinski definition) is 2. The van der Waals surface area contributed by atoms with Gasteiger partial charge in [0, 0.05) is 6.42 Å². The van der Waals surface area contributed by atoms with Crippen molar-refractivity contribution in [3.8, 4) is 0 Å². The van der Waals surface area contributed by atoms with Crippen LogP contribution in [0, 0.1) is 0 Å². The van der Waals surface area contributed by atoms with Crippen molar-refractivity contribution < 1.29 is 9.53 Å². The first-order chi connectivity index (χ1) is 7.29. The van der Waals surface area contributed by atoms with Gasteiger partial charge >= 0.3 is 5.97 Å². The topological polar surface area (TPSA) is 26.3 Å². The van der Waals surface area contributed by atoms with Gasteiger partial charge in [0.1, 0.15) is 0 Å². The normalized spacial score (nSPS) is 25.1. The number of hydrogen-bond donors (Lipinski definition) is 0. The zero-order valence-electron chi connectivity index (χ0n) is 9.76. The Hall–Kier alpha value is -0.790. The van der Waals surface area contributed by atoms with Gasteiger partial charge in [0.05, 0.1) is 6.61 Å². The summed E-state index contributed by atoms with van der Waals surface area (Å²) < 4.78 is 5.12. The van der Waals surface area contributed by atoms with Crippen molar-refractivity contribution >= 4 is 5.97 Å². The Balaban J connectivity index is 2.32. The van der Waals surface area contributed by atoms with E-state index in [1.807, 2.05) is 0 Å². The van der Waals surface area contributed by atoms with E-state index < -0.39 is 0 Å². The first-order valence-electron chi connectivity index (χ1n) is 6.10. The van der Waals surface area contributed by atoms with Gasteiger partial charge in [-0.1, -0.05) is 24.5 Å². The fourth-order valence-electron chi connectivity index (χ4n) is 1.82. The SMILES string of the molecule is C/C1=C\CCCOC(=O)CCCCCC1. The molecule has 2 nitrogen and oxygen atoms in total. The molecule has 1 rings (SSSR count). The van der Waals surface area contributed by atoms with E-state index in [0.29, 0.717) is 13.0 Å². The molecule has 0 spiro atoms. The van der Waals surface area contributed by atoms with Gasteiger partial charge in [0.25, 0.3) is 0 Å². The fourth-order valence-corrected chi connectivity index (χ4v) is 1.82. The summed E-state index contributed by atoms with van der Waals surface area (Å²) in [5, 5.41) is 0. The minimum Gasteiger partial charge on any atom is -0.466 e. The summed E-state index contributed by atoms with van der Waals surface area (Å²) in [5.74, 6) is -0.0186. The molecule has 2 heteroatoms. The molecule has 0 aromatic carbocycles. The third-order valence-electron chi connectivity index (χ3n) is 2.81. The first-order valence-corrected chi connectivity index (χ1v) is 6.10. The molecule has 0 aliphatic carbocycles. The van der Waals surface area contributed by atoms with Crippen molar-refractivity contribution in [2.75, 3.05) is 6.61 Å². The molecule has 1 heterocycles. The maximum Gasteiger partial charge on any atom is 0.305 e. The standard InChI is InChI=1S/C13H22O2/c1-12-8-4-2-3-5-10-13(14)15-11-7-6-9-12/h9H,2-8,10-11H2,1H3/b12-9+. The molecule has 0 aromatic rings. The highest BCUT2D eigenvalue weighted by molar-refractivity contribution is 5.69. The lowest BCUT2D eigenvalue weighted by Gasteiger charge is -2.02. The molecule has 0 saturated heterocycles. The minimum absolute atomic E-state index is 0.0186. The Labute approximate surface area is 92.7 Å². The van der Waals surface area contributed by atoms with E-state index >= 15 is 0 Å². The third-order valence-corrected chi connectivity index (χ3v) is 2.81. The second kappa shape index (κ2) is 7.49. The van der Waals surface area contributed by atoms with Crippen molar-refractivity contribution in [1.82, 2.24) is 0 Å². The molecule has 0 fully saturated rings. The highest BCUT2D eigenvalue weighted by Gasteiger charge is 2.03. The molecular weight excluding hydrogens is 188 g/mol. The predicted octanol–water partition coefficient (Wildman–Crippen LogP) is 3.61. The molecule has 0 aromatic heterocycles. The lowest BCUT2D eigenvalue weighted by Crippen LogP contribution is -2.05. The second-order valence-corrected chi connectivity index (χ2v) is 4.33. The second-order valence-electron chi connectivity index (χ2n) is 4.33. The van der Waals surface area contributed by atoms with E-state index in [1.54, 1.807) is 0 Å². The summed E-state index contributed by atoms with van der Waals surface area (Å²) in [6.07, 6.45) is 10.7. The third kappa shape index (κ3) is 6.32. The Bertz CT molecular complexity index is 219. The largest absolute Gasteiger partial charge is 0.466 e. The molecule has 1 aliphatic rings. The van der Waals surface area contributed by atoms with Crippen LogP contribution >= 0.6 is 0 Å². The Morgan fingerprint density at radius 1 is 1.07 bits per heavy atom. The molecule has 0 unspecified atom stereocenters. The fraction of sp³-hybridized carbons (Fsp3) is 0.769. The summed E-state index contributed by atoms with van der Waals surface area (Å²) in [6.45, 7) is 2.79. The van der Waals surface area contributed by atoms with E-state index in [0.717, 1.165) is 25.7 Å². The van der Waals surface area contributed by atoms with Crippen LogP contribution in [0.25, 0.3) is 0 Å². The molecule has 86 valence electrons. The lowest BCUT2D eigenvalue weighted by molar-refractivity contribution is -0.143. The molecule has 1 aliphatic heterocycles. The minimum atomic E-state index is -0.0186. The van der Waals surface area contributed by atoms with Gasteiger partial charge in [-0.3, -0.25) is 4.79 Å². The number of esters is 1. The van der Waals surface area contributed by atoms with Gasteiger partial charge < -0.3 is 4.74 Å². The molecule has 0 bridgehead atoms. The molecule has 0 atom stereocenters. The van der Waals surface area contributed by atoms with E-state index in [4.69, 9.17) is 4.74 Å². The number of carbonyl (C=O) groups is 1. The highest BCUT2D eigenvalue weighted by Crippen LogP contribution is 2.13. The average molecular weight is 210 g/mol. The van der Waals surface area contributed by atoms with Crippen LogP contribution in [0.15, 0.2) is 11.6 Å². The average Bonchev–Trinajstić information content (AvgIpc) is 2.23. The van der Waals surface area contributed by atoms with Gasteiger partial charge in [0.2, 0.25) is 0 Å². The van der Waals surface area contributed by atoms with Crippen LogP contribution in [0.1, 0.15) is 58.3 Å². The Kier molecular flexibility index (Phi) is 6.14. The maximum atomic E-state index is 11.2. The first kappa shape index (κ1) is 12.3. The van der Waals surface area contributed by atoms with Crippen LogP contribution in [0.2, 0.25) is 0 Å². The van der Waals surface area contributed by atoms with E-state index in [1.165, 1.54) is 24.8 Å². The van der Waals surface area contributed by atoms with Gasteiger partial charge in [-0.2, -0.15) is 0 Å². The van der Waals surface area contributed by atoms with Crippen LogP contribution in [-0.2, 0) is 9.53 Å². The predicted molar refractivity (Wildman–Crippen MR) is 61.7 cm³/mol. The lowest BCUT2D eigenvalue weighted by atomic mass is 10.1. The van der Waals surface area contributed by atoms with Crippen LogP contribution in [-0.4, -0.2) is 12.6 Å². The Morgan fingerprint density at radius 3 is 2.60 bits per heavy atom. The number of ether oxygens (including phenoxy) is 1. The zero-order valence-corrected chi connectivity index (χ0v) is 9.76.